The molecule has 0 saturated heterocycles. The molecule has 2 aromatic rings. The molecule has 0 bridgehead atoms. The van der Waals surface area contributed by atoms with E-state index < -0.39 is 10.8 Å². The van der Waals surface area contributed by atoms with Crippen LogP contribution in [-0.4, -0.2) is 4.92 Å². The Hall–Kier alpha value is -2.30. The third kappa shape index (κ3) is 2.20. The molecule has 0 radical (unpaired) electrons. The lowest BCUT2D eigenvalue weighted by Crippen LogP contribution is -2.14. The van der Waals surface area contributed by atoms with E-state index in [1.165, 1.54) is 24.3 Å². The van der Waals surface area contributed by atoms with E-state index in [0.29, 0.717) is 0 Å². The number of nitro groups is 1. The number of alkyl halides is 2. The Morgan fingerprint density at radius 3 is 1.89 bits per heavy atom. The summed E-state index contributed by atoms with van der Waals surface area (Å²) < 4.78 is 28.1. The van der Waals surface area contributed by atoms with Gasteiger partial charge in [-0.15, -0.1) is 0 Å². The van der Waals surface area contributed by atoms with E-state index >= 15 is 0 Å². The van der Waals surface area contributed by atoms with Crippen molar-refractivity contribution >= 4 is 5.69 Å². The number of halogens is 2. The fraction of sp³-hybridized carbons (Fsp3) is 0.0769. The van der Waals surface area contributed by atoms with Crippen molar-refractivity contribution in [1.82, 2.24) is 0 Å². The second-order valence-corrected chi connectivity index (χ2v) is 3.74. The standard InChI is InChI=1S/C13H9F2NO2/c14-13(15,10-4-2-1-3-5-10)11-6-8-12(9-7-11)16(17)18/h1-9H. The Bertz CT molecular complexity index is 553. The molecule has 0 atom stereocenters. The summed E-state index contributed by atoms with van der Waals surface area (Å²) in [5.74, 6) is -3.16. The average molecular weight is 249 g/mol. The van der Waals surface area contributed by atoms with Gasteiger partial charge in [-0.2, -0.15) is 8.78 Å². The maximum absolute atomic E-state index is 14.1. The first kappa shape index (κ1) is 12.2. The van der Waals surface area contributed by atoms with Gasteiger partial charge < -0.3 is 0 Å². The second-order valence-electron chi connectivity index (χ2n) is 3.74. The minimum absolute atomic E-state index is 0.140. The van der Waals surface area contributed by atoms with E-state index in [0.717, 1.165) is 24.3 Å². The van der Waals surface area contributed by atoms with Crippen molar-refractivity contribution in [3.8, 4) is 0 Å². The minimum atomic E-state index is -3.16. The summed E-state index contributed by atoms with van der Waals surface area (Å²) in [6, 6.07) is 11.6. The highest BCUT2D eigenvalue weighted by atomic mass is 19.3. The van der Waals surface area contributed by atoms with Crippen LogP contribution in [0, 0.1) is 10.1 Å². The van der Waals surface area contributed by atoms with E-state index in [2.05, 4.69) is 0 Å². The van der Waals surface area contributed by atoms with Crippen molar-refractivity contribution in [1.29, 1.82) is 0 Å². The van der Waals surface area contributed by atoms with Crippen LogP contribution in [0.3, 0.4) is 0 Å². The molecule has 18 heavy (non-hydrogen) atoms. The fourth-order valence-electron chi connectivity index (χ4n) is 1.61. The van der Waals surface area contributed by atoms with Crippen LogP contribution in [0.1, 0.15) is 11.1 Å². The van der Waals surface area contributed by atoms with Gasteiger partial charge in [0.05, 0.1) is 4.92 Å². The summed E-state index contributed by atoms with van der Waals surface area (Å²) in [4.78, 5) is 9.83. The Labute approximate surface area is 102 Å². The number of benzene rings is 2. The van der Waals surface area contributed by atoms with Gasteiger partial charge >= 0.3 is 0 Å². The molecule has 0 N–H and O–H groups in total. The highest BCUT2D eigenvalue weighted by Crippen LogP contribution is 2.35. The highest BCUT2D eigenvalue weighted by Gasteiger charge is 2.33. The van der Waals surface area contributed by atoms with E-state index in [9.17, 15) is 18.9 Å². The molecule has 0 fully saturated rings. The summed E-state index contributed by atoms with van der Waals surface area (Å²) in [6.07, 6.45) is 0. The van der Waals surface area contributed by atoms with Crippen molar-refractivity contribution in [3.63, 3.8) is 0 Å². The summed E-state index contributed by atoms with van der Waals surface area (Å²) in [5.41, 5.74) is -0.610. The van der Waals surface area contributed by atoms with Gasteiger partial charge in [0.2, 0.25) is 0 Å². The second kappa shape index (κ2) is 4.52. The molecule has 0 aromatic heterocycles. The molecular formula is C13H9F2NO2. The molecule has 0 aliphatic heterocycles. The number of nitrogens with zero attached hydrogens (tertiary/aromatic N) is 1. The smallest absolute Gasteiger partial charge is 0.258 e. The minimum Gasteiger partial charge on any atom is -0.258 e. The van der Waals surface area contributed by atoms with E-state index in [-0.39, 0.29) is 16.8 Å². The molecule has 2 rings (SSSR count). The normalized spacial score (nSPS) is 11.2. The summed E-state index contributed by atoms with van der Waals surface area (Å²) >= 11 is 0. The lowest BCUT2D eigenvalue weighted by atomic mass is 10.0. The van der Waals surface area contributed by atoms with Gasteiger partial charge in [-0.3, -0.25) is 10.1 Å². The highest BCUT2D eigenvalue weighted by molar-refractivity contribution is 5.39. The number of hydrogen-bond donors (Lipinski definition) is 0. The lowest BCUT2D eigenvalue weighted by molar-refractivity contribution is -0.384. The molecule has 0 spiro atoms. The number of hydrogen-bond acceptors (Lipinski definition) is 2. The zero-order valence-corrected chi connectivity index (χ0v) is 9.22. The Balaban J connectivity index is 2.39. The van der Waals surface area contributed by atoms with E-state index in [1.807, 2.05) is 0 Å². The molecule has 2 aromatic carbocycles. The molecule has 5 heteroatoms. The van der Waals surface area contributed by atoms with Crippen molar-refractivity contribution in [2.75, 3.05) is 0 Å². The van der Waals surface area contributed by atoms with Crippen LogP contribution in [-0.2, 0) is 5.92 Å². The molecule has 0 amide bonds. The largest absolute Gasteiger partial charge is 0.298 e. The summed E-state index contributed by atoms with van der Waals surface area (Å²) in [5, 5.41) is 10.4. The third-order valence-electron chi connectivity index (χ3n) is 2.58. The fourth-order valence-corrected chi connectivity index (χ4v) is 1.61. The zero-order chi connectivity index (χ0) is 13.2. The molecule has 3 nitrogen and oxygen atoms in total. The van der Waals surface area contributed by atoms with Crippen LogP contribution >= 0.6 is 0 Å². The van der Waals surface area contributed by atoms with Crippen LogP contribution in [0.15, 0.2) is 54.6 Å². The van der Waals surface area contributed by atoms with Crippen molar-refractivity contribution in [2.24, 2.45) is 0 Å². The van der Waals surface area contributed by atoms with Crippen LogP contribution in [0.2, 0.25) is 0 Å². The topological polar surface area (TPSA) is 43.1 Å². The Morgan fingerprint density at radius 1 is 0.889 bits per heavy atom. The van der Waals surface area contributed by atoms with E-state index in [1.54, 1.807) is 6.07 Å². The molecule has 92 valence electrons. The predicted octanol–water partition coefficient (Wildman–Crippen LogP) is 3.73. The van der Waals surface area contributed by atoms with Gasteiger partial charge in [-0.05, 0) is 12.1 Å². The number of rotatable bonds is 3. The van der Waals surface area contributed by atoms with Crippen LogP contribution in [0.5, 0.6) is 0 Å². The zero-order valence-electron chi connectivity index (χ0n) is 9.22. The summed E-state index contributed by atoms with van der Waals surface area (Å²) in [6.45, 7) is 0. The predicted molar refractivity (Wildman–Crippen MR) is 62.5 cm³/mol. The molecule has 0 heterocycles. The van der Waals surface area contributed by atoms with Crippen molar-refractivity contribution in [2.45, 2.75) is 5.92 Å². The van der Waals surface area contributed by atoms with Crippen LogP contribution < -0.4 is 0 Å². The van der Waals surface area contributed by atoms with Crippen molar-refractivity contribution < 1.29 is 13.7 Å². The molecule has 0 saturated carbocycles. The lowest BCUT2D eigenvalue weighted by Gasteiger charge is -2.16. The van der Waals surface area contributed by atoms with Crippen LogP contribution in [0.4, 0.5) is 14.5 Å². The first-order valence-electron chi connectivity index (χ1n) is 5.20. The average Bonchev–Trinajstić information content (AvgIpc) is 2.40. The quantitative estimate of drug-likeness (QED) is 0.614. The van der Waals surface area contributed by atoms with Gasteiger partial charge in [0.15, 0.2) is 0 Å². The SMILES string of the molecule is O=[N+]([O-])c1ccc(C(F)(F)c2ccccc2)cc1. The van der Waals surface area contributed by atoms with Gasteiger partial charge in [0.25, 0.3) is 11.6 Å². The van der Waals surface area contributed by atoms with Crippen molar-refractivity contribution in [3.05, 3.63) is 75.8 Å². The summed E-state index contributed by atoms with van der Waals surface area (Å²) in [7, 11) is 0. The van der Waals surface area contributed by atoms with Gasteiger partial charge in [-0.1, -0.05) is 30.3 Å². The first-order valence-corrected chi connectivity index (χ1v) is 5.20. The van der Waals surface area contributed by atoms with Crippen LogP contribution in [0.25, 0.3) is 0 Å². The maximum Gasteiger partial charge on any atom is 0.298 e. The monoisotopic (exact) mass is 249 g/mol. The van der Waals surface area contributed by atoms with Gasteiger partial charge in [0, 0.05) is 23.3 Å². The van der Waals surface area contributed by atoms with Gasteiger partial charge in [-0.25, -0.2) is 0 Å². The maximum atomic E-state index is 14.1. The Morgan fingerprint density at radius 2 is 1.39 bits per heavy atom. The molecule has 0 aliphatic rings. The number of nitro benzene ring substituents is 1. The van der Waals surface area contributed by atoms with E-state index in [4.69, 9.17) is 0 Å². The molecular weight excluding hydrogens is 240 g/mol. The third-order valence-corrected chi connectivity index (χ3v) is 2.58. The molecule has 0 unspecified atom stereocenters. The first-order chi connectivity index (χ1) is 8.51. The van der Waals surface area contributed by atoms with Gasteiger partial charge in [0.1, 0.15) is 0 Å². The molecule has 0 aliphatic carbocycles. The number of non-ortho nitro benzene ring substituents is 1. The Kier molecular flexibility index (Phi) is 3.06.